The Kier molecular flexibility index (Phi) is 10.6. The zero-order chi connectivity index (χ0) is 30.2. The van der Waals surface area contributed by atoms with Gasteiger partial charge >= 0.3 is 12.1 Å². The zero-order valence-corrected chi connectivity index (χ0v) is 23.3. The van der Waals surface area contributed by atoms with E-state index in [0.29, 0.717) is 41.5 Å². The fourth-order valence-electron chi connectivity index (χ4n) is 4.48. The van der Waals surface area contributed by atoms with Crippen LogP contribution in [0.3, 0.4) is 0 Å². The number of para-hydroxylation sites is 1. The van der Waals surface area contributed by atoms with Gasteiger partial charge in [0.25, 0.3) is 5.91 Å². The number of alkyl halides is 3. The van der Waals surface area contributed by atoms with E-state index < -0.39 is 12.1 Å². The Labute approximate surface area is 235 Å². The van der Waals surface area contributed by atoms with E-state index in [1.165, 1.54) is 0 Å². The largest absolute Gasteiger partial charge is 0.497 e. The van der Waals surface area contributed by atoms with Crippen LogP contribution in [-0.4, -0.2) is 74.0 Å². The molecule has 0 spiro atoms. The number of aromatic nitrogens is 2. The minimum Gasteiger partial charge on any atom is -0.497 e. The van der Waals surface area contributed by atoms with Crippen LogP contribution in [0.25, 0.3) is 10.9 Å². The zero-order valence-electron chi connectivity index (χ0n) is 23.3. The number of nitrogens with one attached hydrogen (secondary N) is 2. The summed E-state index contributed by atoms with van der Waals surface area (Å²) in [5.41, 5.74) is 1.43. The lowest BCUT2D eigenvalue weighted by molar-refractivity contribution is -0.192. The quantitative estimate of drug-likeness (QED) is 0.348. The third kappa shape index (κ3) is 8.60. The lowest BCUT2D eigenvalue weighted by atomic mass is 9.86. The summed E-state index contributed by atoms with van der Waals surface area (Å²) in [7, 11) is 7.15. The predicted molar refractivity (Wildman–Crippen MR) is 149 cm³/mol. The Hall–Kier alpha value is -4.29. The number of nitrogens with zero attached hydrogens (tertiary/aromatic N) is 3. The maximum atomic E-state index is 12.8. The van der Waals surface area contributed by atoms with Crippen molar-refractivity contribution in [3.8, 4) is 11.5 Å². The first-order chi connectivity index (χ1) is 19.4. The van der Waals surface area contributed by atoms with Gasteiger partial charge in [-0.1, -0.05) is 12.1 Å². The molecule has 13 heteroatoms. The van der Waals surface area contributed by atoms with E-state index in [1.807, 2.05) is 37.2 Å². The van der Waals surface area contributed by atoms with Crippen LogP contribution < -0.4 is 25.0 Å². The molecule has 3 aromatic rings. The number of ether oxygens (including phenoxy) is 2. The second-order valence-corrected chi connectivity index (χ2v) is 9.72. The number of carbonyl (C=O) groups is 2. The normalized spacial score (nSPS) is 16.7. The van der Waals surface area contributed by atoms with E-state index in [-0.39, 0.29) is 5.91 Å². The first-order valence-electron chi connectivity index (χ1n) is 12.9. The third-order valence-electron chi connectivity index (χ3n) is 6.63. The second-order valence-electron chi connectivity index (χ2n) is 9.72. The Morgan fingerprint density at radius 2 is 1.68 bits per heavy atom. The van der Waals surface area contributed by atoms with E-state index in [9.17, 15) is 18.0 Å². The van der Waals surface area contributed by atoms with Gasteiger partial charge in [0, 0.05) is 32.1 Å². The lowest BCUT2D eigenvalue weighted by Crippen LogP contribution is -2.34. The number of anilines is 2. The minimum atomic E-state index is -5.08. The maximum Gasteiger partial charge on any atom is 0.490 e. The number of amides is 1. The molecular weight excluding hydrogens is 543 g/mol. The van der Waals surface area contributed by atoms with E-state index in [1.54, 1.807) is 32.4 Å². The Morgan fingerprint density at radius 3 is 2.27 bits per heavy atom. The summed E-state index contributed by atoms with van der Waals surface area (Å²) in [6.45, 7) is 0.642. The Balaban J connectivity index is 0.000000587. The average molecular weight is 578 g/mol. The number of hydrogen-bond donors (Lipinski definition) is 3. The van der Waals surface area contributed by atoms with Crippen LogP contribution >= 0.6 is 0 Å². The highest BCUT2D eigenvalue weighted by molar-refractivity contribution is 5.97. The molecule has 0 atom stereocenters. The van der Waals surface area contributed by atoms with Gasteiger partial charge < -0.3 is 30.1 Å². The van der Waals surface area contributed by atoms with E-state index in [2.05, 4.69) is 16.7 Å². The average Bonchev–Trinajstić information content (AvgIpc) is 2.95. The monoisotopic (exact) mass is 577 g/mol. The SMILES string of the molecule is COc1ccc(OC)c(C(=O)NCC2CCC(Nc3nc(N(C)C)c4ccccc4n3)CC2)c1.O=C(O)C(F)(F)F. The number of carboxylic acid groups (broad SMARTS) is 1. The molecule has 41 heavy (non-hydrogen) atoms. The van der Waals surface area contributed by atoms with Crippen LogP contribution in [0.2, 0.25) is 0 Å². The van der Waals surface area contributed by atoms with Gasteiger partial charge in [0.15, 0.2) is 0 Å². The molecule has 10 nitrogen and oxygen atoms in total. The molecule has 0 saturated heterocycles. The molecule has 2 aromatic carbocycles. The maximum absolute atomic E-state index is 12.8. The van der Waals surface area contributed by atoms with Crippen molar-refractivity contribution in [3.05, 3.63) is 48.0 Å². The fourth-order valence-corrected chi connectivity index (χ4v) is 4.48. The number of hydrogen-bond acceptors (Lipinski definition) is 8. The molecule has 222 valence electrons. The van der Waals surface area contributed by atoms with Gasteiger partial charge in [-0.3, -0.25) is 4.79 Å². The molecule has 4 rings (SSSR count). The van der Waals surface area contributed by atoms with E-state index in [0.717, 1.165) is 42.4 Å². The molecule has 1 aliphatic rings. The highest BCUT2D eigenvalue weighted by atomic mass is 19.4. The van der Waals surface area contributed by atoms with Crippen molar-refractivity contribution in [1.82, 2.24) is 15.3 Å². The van der Waals surface area contributed by atoms with Crippen molar-refractivity contribution in [2.75, 3.05) is 45.1 Å². The molecule has 1 aliphatic carbocycles. The van der Waals surface area contributed by atoms with Crippen molar-refractivity contribution in [2.24, 2.45) is 5.92 Å². The number of rotatable bonds is 8. The Bertz CT molecular complexity index is 1340. The summed E-state index contributed by atoms with van der Waals surface area (Å²) in [6.07, 6.45) is -1.00. The standard InChI is InChI=1S/C26H33N5O3.C2HF3O2/c1-31(2)24-20-7-5-6-8-22(20)29-26(30-24)28-18-11-9-17(10-12-18)16-27-25(32)21-15-19(33-3)13-14-23(21)34-4;3-2(4,5)1(6)7/h5-8,13-15,17-18H,9-12,16H2,1-4H3,(H,27,32)(H,28,29,30);(H,6,7). The first-order valence-corrected chi connectivity index (χ1v) is 12.9. The van der Waals surface area contributed by atoms with Gasteiger partial charge in [-0.15, -0.1) is 0 Å². The molecule has 3 N–H and O–H groups in total. The summed E-state index contributed by atoms with van der Waals surface area (Å²) in [5, 5.41) is 14.8. The number of benzene rings is 2. The summed E-state index contributed by atoms with van der Waals surface area (Å²) < 4.78 is 42.3. The molecule has 0 unspecified atom stereocenters. The first kappa shape index (κ1) is 31.2. The summed E-state index contributed by atoms with van der Waals surface area (Å²) >= 11 is 0. The van der Waals surface area contributed by atoms with Crippen LogP contribution in [0.15, 0.2) is 42.5 Å². The van der Waals surface area contributed by atoms with Gasteiger partial charge in [0.2, 0.25) is 5.95 Å². The summed E-state index contributed by atoms with van der Waals surface area (Å²) in [4.78, 5) is 33.2. The van der Waals surface area contributed by atoms with Gasteiger partial charge in [-0.2, -0.15) is 18.2 Å². The topological polar surface area (TPSA) is 126 Å². The molecule has 0 radical (unpaired) electrons. The summed E-state index contributed by atoms with van der Waals surface area (Å²) in [5.74, 6) is 0.295. The minimum absolute atomic E-state index is 0.142. The predicted octanol–water partition coefficient (Wildman–Crippen LogP) is 4.75. The van der Waals surface area contributed by atoms with Crippen LogP contribution in [0.4, 0.5) is 24.9 Å². The van der Waals surface area contributed by atoms with Crippen molar-refractivity contribution in [1.29, 1.82) is 0 Å². The van der Waals surface area contributed by atoms with Gasteiger partial charge in [-0.25, -0.2) is 9.78 Å². The third-order valence-corrected chi connectivity index (χ3v) is 6.63. The number of aliphatic carboxylic acids is 1. The molecule has 1 aromatic heterocycles. The van der Waals surface area contributed by atoms with Crippen LogP contribution in [0.5, 0.6) is 11.5 Å². The highest BCUT2D eigenvalue weighted by Gasteiger charge is 2.38. The number of carbonyl (C=O) groups excluding carboxylic acids is 1. The van der Waals surface area contributed by atoms with E-state index >= 15 is 0 Å². The van der Waals surface area contributed by atoms with Crippen molar-refractivity contribution in [3.63, 3.8) is 0 Å². The molecule has 0 aliphatic heterocycles. The number of methoxy groups -OCH3 is 2. The molecule has 1 fully saturated rings. The van der Waals surface area contributed by atoms with Crippen molar-refractivity contribution in [2.45, 2.75) is 37.9 Å². The summed E-state index contributed by atoms with van der Waals surface area (Å²) in [6, 6.07) is 13.6. The van der Waals surface area contributed by atoms with Crippen molar-refractivity contribution >= 4 is 34.5 Å². The number of fused-ring (bicyclic) bond motifs is 1. The Morgan fingerprint density at radius 1 is 1.02 bits per heavy atom. The highest BCUT2D eigenvalue weighted by Crippen LogP contribution is 2.29. The lowest BCUT2D eigenvalue weighted by Gasteiger charge is -2.29. The second kappa shape index (κ2) is 13.9. The van der Waals surface area contributed by atoms with Crippen LogP contribution in [0.1, 0.15) is 36.0 Å². The van der Waals surface area contributed by atoms with Crippen molar-refractivity contribution < 1.29 is 37.3 Å². The number of halogens is 3. The molecular formula is C28H34F3N5O5. The van der Waals surface area contributed by atoms with Crippen LogP contribution in [-0.2, 0) is 4.79 Å². The van der Waals surface area contributed by atoms with E-state index in [4.69, 9.17) is 29.3 Å². The molecule has 1 saturated carbocycles. The number of carboxylic acids is 1. The molecule has 1 heterocycles. The van der Waals surface area contributed by atoms with Gasteiger partial charge in [-0.05, 0) is 61.9 Å². The molecule has 0 bridgehead atoms. The van der Waals surface area contributed by atoms with Gasteiger partial charge in [0.05, 0.1) is 25.3 Å². The molecule has 1 amide bonds. The van der Waals surface area contributed by atoms with Gasteiger partial charge in [0.1, 0.15) is 17.3 Å². The fraction of sp³-hybridized carbons (Fsp3) is 0.429. The smallest absolute Gasteiger partial charge is 0.490 e. The van der Waals surface area contributed by atoms with Crippen LogP contribution in [0, 0.1) is 5.92 Å².